The number of benzene rings is 1. The number of fused-ring (bicyclic) bond motifs is 1. The Hall–Kier alpha value is -1.47. The number of thioether (sulfide) groups is 1. The molecule has 4 nitrogen and oxygen atoms in total. The Bertz CT molecular complexity index is 608. The zero-order chi connectivity index (χ0) is 15.4. The molecule has 0 amide bonds. The lowest BCUT2D eigenvalue weighted by atomic mass is 10.2. The molecule has 0 unspecified atom stereocenters. The van der Waals surface area contributed by atoms with Crippen LogP contribution in [0.1, 0.15) is 19.2 Å². The van der Waals surface area contributed by atoms with E-state index in [4.69, 9.17) is 0 Å². The van der Waals surface area contributed by atoms with Crippen molar-refractivity contribution in [2.45, 2.75) is 24.6 Å². The molecule has 0 radical (unpaired) electrons. The summed E-state index contributed by atoms with van der Waals surface area (Å²) < 4.78 is 25.8. The van der Waals surface area contributed by atoms with Gasteiger partial charge in [-0.2, -0.15) is 11.8 Å². The lowest BCUT2D eigenvalue weighted by Crippen LogP contribution is -2.31. The van der Waals surface area contributed by atoms with Gasteiger partial charge >= 0.3 is 0 Å². The number of hydrogen-bond acceptors (Lipinski definition) is 5. The molecule has 0 saturated carbocycles. The van der Waals surface area contributed by atoms with Gasteiger partial charge in [-0.15, -0.1) is 0 Å². The minimum atomic E-state index is -2.72. The van der Waals surface area contributed by atoms with E-state index in [1.165, 1.54) is 11.8 Å². The molecule has 2 N–H and O–H groups in total. The van der Waals surface area contributed by atoms with Crippen molar-refractivity contribution in [3.63, 3.8) is 0 Å². The number of aromatic nitrogens is 2. The minimum absolute atomic E-state index is 0.0000534. The summed E-state index contributed by atoms with van der Waals surface area (Å²) in [5.41, 5.74) is 0.474. The van der Waals surface area contributed by atoms with Crippen LogP contribution >= 0.6 is 11.8 Å². The van der Waals surface area contributed by atoms with Crippen LogP contribution in [0.4, 0.5) is 14.6 Å². The fraction of sp³-hybridized carbons (Fsp3) is 0.429. The highest BCUT2D eigenvalue weighted by Crippen LogP contribution is 2.26. The van der Waals surface area contributed by atoms with Gasteiger partial charge in [-0.25, -0.2) is 18.7 Å². The molecule has 0 fully saturated rings. The first-order valence-corrected chi connectivity index (χ1v) is 7.80. The molecular formula is C14H17F2N3OS. The Labute approximate surface area is 126 Å². The molecule has 0 saturated heterocycles. The van der Waals surface area contributed by atoms with E-state index in [1.54, 1.807) is 18.2 Å². The van der Waals surface area contributed by atoms with Crippen molar-refractivity contribution in [2.75, 3.05) is 18.2 Å². The molecule has 2 aromatic rings. The number of rotatable bonds is 6. The van der Waals surface area contributed by atoms with Crippen LogP contribution in [-0.4, -0.2) is 39.2 Å². The number of para-hydroxylation sites is 1. The molecule has 0 aliphatic heterocycles. The normalized spacial score (nSPS) is 14.4. The second-order valence-electron chi connectivity index (χ2n) is 4.64. The van der Waals surface area contributed by atoms with Gasteiger partial charge in [0, 0.05) is 16.7 Å². The second-order valence-corrected chi connectivity index (χ2v) is 5.71. The molecule has 0 spiro atoms. The van der Waals surface area contributed by atoms with Crippen LogP contribution in [-0.2, 0) is 0 Å². The van der Waals surface area contributed by atoms with Gasteiger partial charge in [0.05, 0.1) is 12.1 Å². The summed E-state index contributed by atoms with van der Waals surface area (Å²) in [5, 5.41) is 13.1. The first-order chi connectivity index (χ1) is 10.1. The number of halogens is 2. The van der Waals surface area contributed by atoms with Gasteiger partial charge in [0.2, 0.25) is 0 Å². The predicted molar refractivity (Wildman–Crippen MR) is 82.0 cm³/mol. The van der Waals surface area contributed by atoms with Crippen molar-refractivity contribution in [3.05, 3.63) is 30.1 Å². The monoisotopic (exact) mass is 313 g/mol. The van der Waals surface area contributed by atoms with Crippen LogP contribution < -0.4 is 5.32 Å². The molecule has 1 aromatic heterocycles. The highest BCUT2D eigenvalue weighted by molar-refractivity contribution is 7.99. The van der Waals surface area contributed by atoms with Gasteiger partial charge in [0.25, 0.3) is 6.43 Å². The largest absolute Gasteiger partial charge is 0.395 e. The van der Waals surface area contributed by atoms with E-state index in [0.29, 0.717) is 16.7 Å². The molecule has 1 heterocycles. The number of hydrogen-bond donors (Lipinski definition) is 2. The summed E-state index contributed by atoms with van der Waals surface area (Å²) in [7, 11) is 0. The number of aliphatic hydroxyl groups is 1. The maximum atomic E-state index is 12.9. The van der Waals surface area contributed by atoms with E-state index < -0.39 is 12.2 Å². The van der Waals surface area contributed by atoms with Gasteiger partial charge in [0.1, 0.15) is 5.82 Å². The van der Waals surface area contributed by atoms with Crippen molar-refractivity contribution >= 4 is 28.5 Å². The van der Waals surface area contributed by atoms with E-state index in [1.807, 2.05) is 19.2 Å². The van der Waals surface area contributed by atoms with Gasteiger partial charge in [-0.05, 0) is 25.3 Å². The molecule has 1 aromatic carbocycles. The maximum Gasteiger partial charge on any atom is 0.297 e. The summed E-state index contributed by atoms with van der Waals surface area (Å²) in [6.07, 6.45) is -0.832. The molecule has 0 aliphatic carbocycles. The highest BCUT2D eigenvalue weighted by Gasteiger charge is 2.19. The molecule has 0 bridgehead atoms. The molecule has 21 heavy (non-hydrogen) atoms. The second kappa shape index (κ2) is 7.00. The Balaban J connectivity index is 2.41. The Kier molecular flexibility index (Phi) is 5.30. The topological polar surface area (TPSA) is 58.0 Å². The first kappa shape index (κ1) is 15.9. The number of anilines is 1. The first-order valence-electron chi connectivity index (χ1n) is 6.51. The maximum absolute atomic E-state index is 12.9. The average Bonchev–Trinajstić information content (AvgIpc) is 2.48. The average molecular weight is 313 g/mol. The summed E-state index contributed by atoms with van der Waals surface area (Å²) in [6, 6.07) is 6.90. The number of aliphatic hydroxyl groups excluding tert-OH is 1. The zero-order valence-corrected chi connectivity index (χ0v) is 12.6. The summed E-state index contributed by atoms with van der Waals surface area (Å²) in [5.74, 6) is -0.121. The van der Waals surface area contributed by atoms with Gasteiger partial charge < -0.3 is 10.4 Å². The smallest absolute Gasteiger partial charge is 0.297 e. The number of nitrogens with zero attached hydrogens (tertiary/aromatic N) is 2. The van der Waals surface area contributed by atoms with Crippen molar-refractivity contribution in [1.82, 2.24) is 9.97 Å². The SMILES string of the molecule is CS[C@@H](CO)[C@H](C)Nc1nc(C(F)F)nc2ccccc12. The van der Waals surface area contributed by atoms with Gasteiger partial charge in [-0.3, -0.25) is 0 Å². The van der Waals surface area contributed by atoms with Crippen molar-refractivity contribution in [1.29, 1.82) is 0 Å². The van der Waals surface area contributed by atoms with Crippen LogP contribution in [0.15, 0.2) is 24.3 Å². The highest BCUT2D eigenvalue weighted by atomic mass is 32.2. The lowest BCUT2D eigenvalue weighted by Gasteiger charge is -2.22. The van der Waals surface area contributed by atoms with Crippen LogP contribution in [0.3, 0.4) is 0 Å². The summed E-state index contributed by atoms with van der Waals surface area (Å²) in [6.45, 7) is 1.89. The quantitative estimate of drug-likeness (QED) is 0.858. The zero-order valence-electron chi connectivity index (χ0n) is 11.8. The molecule has 7 heteroatoms. The molecule has 2 atom stereocenters. The predicted octanol–water partition coefficient (Wildman–Crippen LogP) is 3.09. The Morgan fingerprint density at radius 1 is 1.29 bits per heavy atom. The van der Waals surface area contributed by atoms with Gasteiger partial charge in [-0.1, -0.05) is 12.1 Å². The number of nitrogens with one attached hydrogen (secondary N) is 1. The fourth-order valence-corrected chi connectivity index (χ4v) is 2.67. The van der Waals surface area contributed by atoms with Crippen molar-refractivity contribution < 1.29 is 13.9 Å². The Morgan fingerprint density at radius 3 is 2.62 bits per heavy atom. The van der Waals surface area contributed by atoms with E-state index in [2.05, 4.69) is 15.3 Å². The van der Waals surface area contributed by atoms with Crippen molar-refractivity contribution in [2.24, 2.45) is 0 Å². The van der Waals surface area contributed by atoms with Crippen LogP contribution in [0.2, 0.25) is 0 Å². The van der Waals surface area contributed by atoms with E-state index in [9.17, 15) is 13.9 Å². The third kappa shape index (κ3) is 3.59. The van der Waals surface area contributed by atoms with Crippen LogP contribution in [0.25, 0.3) is 10.9 Å². The fourth-order valence-electron chi connectivity index (χ4n) is 2.05. The lowest BCUT2D eigenvalue weighted by molar-refractivity contribution is 0.141. The Morgan fingerprint density at radius 2 is 2.00 bits per heavy atom. The molecular weight excluding hydrogens is 296 g/mol. The standard InChI is InChI=1S/C14H17F2N3OS/c1-8(11(7-20)21-2)17-13-9-5-3-4-6-10(9)18-14(19-13)12(15)16/h3-6,8,11-12,20H,7H2,1-2H3,(H,17,18,19)/t8-,11-/m0/s1. The van der Waals surface area contributed by atoms with Gasteiger partial charge in [0.15, 0.2) is 5.82 Å². The summed E-state index contributed by atoms with van der Waals surface area (Å²) >= 11 is 1.51. The van der Waals surface area contributed by atoms with Crippen molar-refractivity contribution in [3.8, 4) is 0 Å². The third-order valence-electron chi connectivity index (χ3n) is 3.22. The molecule has 114 valence electrons. The molecule has 0 aliphatic rings. The molecule has 2 rings (SSSR count). The van der Waals surface area contributed by atoms with E-state index in [-0.39, 0.29) is 17.9 Å². The van der Waals surface area contributed by atoms with Crippen LogP contribution in [0, 0.1) is 0 Å². The third-order valence-corrected chi connectivity index (χ3v) is 4.38. The minimum Gasteiger partial charge on any atom is -0.395 e. The summed E-state index contributed by atoms with van der Waals surface area (Å²) in [4.78, 5) is 7.80. The van der Waals surface area contributed by atoms with E-state index in [0.717, 1.165) is 0 Å². The number of alkyl halides is 2. The van der Waals surface area contributed by atoms with Crippen LogP contribution in [0.5, 0.6) is 0 Å². The van der Waals surface area contributed by atoms with E-state index >= 15 is 0 Å².